The number of aromatic nitrogens is 1. The Morgan fingerprint density at radius 2 is 0.898 bits per heavy atom. The van der Waals surface area contributed by atoms with Crippen LogP contribution < -0.4 is 31.1 Å². The van der Waals surface area contributed by atoms with E-state index in [0.717, 1.165) is 45.3 Å². The Morgan fingerprint density at radius 1 is 0.390 bits per heavy atom. The van der Waals surface area contributed by atoms with Crippen LogP contribution in [0.15, 0.2) is 219 Å². The lowest BCUT2D eigenvalue weighted by Crippen LogP contribution is -2.62. The van der Waals surface area contributed by atoms with Crippen molar-refractivity contribution in [2.24, 2.45) is 0 Å². The normalized spacial score (nSPS) is 14.5. The molecule has 1 atom stereocenters. The number of hydrogen-bond donors (Lipinski definition) is 0. The number of hydrogen-bond acceptors (Lipinski definition) is 4. The van der Waals surface area contributed by atoms with Crippen LogP contribution >= 0.6 is 0 Å². The fraction of sp³-hybridized carbons (Fsp3) is 0.0185. The van der Waals surface area contributed by atoms with Gasteiger partial charge < -0.3 is 14.7 Å². The van der Waals surface area contributed by atoms with Gasteiger partial charge in [0.05, 0.1) is 22.7 Å². The monoisotopic (exact) mass is 752 g/mol. The van der Waals surface area contributed by atoms with Crippen LogP contribution in [0.5, 0.6) is 0 Å². The average Bonchev–Trinajstić information content (AvgIpc) is 3.32. The fourth-order valence-corrected chi connectivity index (χ4v) is 10.0. The minimum atomic E-state index is -0.0392. The summed E-state index contributed by atoms with van der Waals surface area (Å²) < 4.78 is 0. The third-order valence-corrected chi connectivity index (χ3v) is 12.4. The molecule has 0 N–H and O–H groups in total. The molecule has 12 rings (SSSR count). The molecular formula is C54H37BN4. The Hall–Kier alpha value is -7.63. The van der Waals surface area contributed by atoms with Gasteiger partial charge in [0.15, 0.2) is 0 Å². The van der Waals surface area contributed by atoms with Gasteiger partial charge in [0.2, 0.25) is 6.71 Å². The molecule has 5 heteroatoms. The lowest BCUT2D eigenvalue weighted by atomic mass is 9.31. The van der Waals surface area contributed by atoms with Crippen LogP contribution in [0.1, 0.15) is 22.6 Å². The fourth-order valence-electron chi connectivity index (χ4n) is 10.0. The van der Waals surface area contributed by atoms with Crippen molar-refractivity contribution in [2.45, 2.75) is 5.92 Å². The summed E-state index contributed by atoms with van der Waals surface area (Å²) in [6, 6.07) is 75.8. The summed E-state index contributed by atoms with van der Waals surface area (Å²) in [4.78, 5) is 11.8. The molecule has 0 fully saturated rings. The molecule has 0 saturated heterocycles. The molecule has 3 aliphatic rings. The third kappa shape index (κ3) is 5.14. The topological polar surface area (TPSA) is 22.6 Å². The smallest absolute Gasteiger partial charge is 0.247 e. The van der Waals surface area contributed by atoms with E-state index in [2.05, 4.69) is 226 Å². The third-order valence-electron chi connectivity index (χ3n) is 12.4. The highest BCUT2D eigenvalue weighted by Gasteiger charge is 2.48. The summed E-state index contributed by atoms with van der Waals surface area (Å²) >= 11 is 0. The second kappa shape index (κ2) is 13.5. The molecule has 1 aromatic heterocycles. The van der Waals surface area contributed by atoms with Crippen LogP contribution in [0.4, 0.5) is 51.2 Å². The Morgan fingerprint density at radius 3 is 1.59 bits per heavy atom. The van der Waals surface area contributed by atoms with Crippen molar-refractivity contribution in [1.82, 2.24) is 4.98 Å². The van der Waals surface area contributed by atoms with E-state index in [4.69, 9.17) is 0 Å². The first kappa shape index (κ1) is 33.5. The van der Waals surface area contributed by atoms with Crippen LogP contribution in [0.3, 0.4) is 0 Å². The van der Waals surface area contributed by atoms with Gasteiger partial charge in [-0.05, 0) is 112 Å². The maximum absolute atomic E-state index is 4.27. The average molecular weight is 753 g/mol. The standard InChI is InChI=1S/C54H37BN4/c1-4-16-39(17-5-1)51-43-22-10-11-23-44(43)55-45-24-12-13-25-46(45)57(40-18-6-2-7-19-40)49-36-50-54(52(51)53(49)55)59(41-20-8-3-9-21-41)48-27-15-14-26-47(48)58(50)42-30-28-37(29-31-42)38-32-34-56-35-33-38/h1-36,51H. The minimum absolute atomic E-state index is 0.0283. The van der Waals surface area contributed by atoms with Crippen LogP contribution in [0.25, 0.3) is 11.1 Å². The first-order valence-corrected chi connectivity index (χ1v) is 20.4. The molecular weight excluding hydrogens is 715 g/mol. The van der Waals surface area contributed by atoms with Gasteiger partial charge in [-0.2, -0.15) is 0 Å². The van der Waals surface area contributed by atoms with Crippen LogP contribution in [0, 0.1) is 0 Å². The van der Waals surface area contributed by atoms with Crippen molar-refractivity contribution in [3.05, 3.63) is 235 Å². The Kier molecular flexibility index (Phi) is 7.67. The Bertz CT molecular complexity index is 3000. The van der Waals surface area contributed by atoms with E-state index in [0.29, 0.717) is 0 Å². The molecule has 4 nitrogen and oxygen atoms in total. The molecule has 0 spiro atoms. The zero-order valence-electron chi connectivity index (χ0n) is 32.2. The molecule has 3 aliphatic heterocycles. The Labute approximate surface area is 345 Å². The van der Waals surface area contributed by atoms with Crippen molar-refractivity contribution in [2.75, 3.05) is 14.7 Å². The van der Waals surface area contributed by atoms with E-state index in [1.807, 2.05) is 12.4 Å². The van der Waals surface area contributed by atoms with E-state index >= 15 is 0 Å². The largest absolute Gasteiger partial charge is 0.311 e. The number of nitrogens with zero attached hydrogens (tertiary/aromatic N) is 4. The molecule has 276 valence electrons. The van der Waals surface area contributed by atoms with Gasteiger partial charge in [-0.3, -0.25) is 4.98 Å². The van der Waals surface area contributed by atoms with Gasteiger partial charge in [-0.1, -0.05) is 139 Å². The maximum atomic E-state index is 4.27. The van der Waals surface area contributed by atoms with Gasteiger partial charge in [0, 0.05) is 46.7 Å². The molecule has 0 radical (unpaired) electrons. The first-order chi connectivity index (χ1) is 29.3. The van der Waals surface area contributed by atoms with E-state index in [1.165, 1.54) is 50.1 Å². The van der Waals surface area contributed by atoms with Gasteiger partial charge in [-0.25, -0.2) is 0 Å². The summed E-state index contributed by atoms with van der Waals surface area (Å²) in [6.45, 7) is 0.0283. The first-order valence-electron chi connectivity index (χ1n) is 20.4. The number of fused-ring (bicyclic) bond motifs is 7. The lowest BCUT2D eigenvalue weighted by molar-refractivity contribution is 0.972. The van der Waals surface area contributed by atoms with Gasteiger partial charge >= 0.3 is 0 Å². The summed E-state index contributed by atoms with van der Waals surface area (Å²) in [7, 11) is 0. The number of pyridine rings is 1. The van der Waals surface area contributed by atoms with Crippen molar-refractivity contribution in [1.29, 1.82) is 0 Å². The van der Waals surface area contributed by atoms with Crippen molar-refractivity contribution < 1.29 is 0 Å². The second-order valence-corrected chi connectivity index (χ2v) is 15.5. The molecule has 8 aromatic carbocycles. The quantitative estimate of drug-likeness (QED) is 0.163. The van der Waals surface area contributed by atoms with Crippen molar-refractivity contribution >= 4 is 74.3 Å². The van der Waals surface area contributed by atoms with Crippen molar-refractivity contribution in [3.8, 4) is 11.1 Å². The maximum Gasteiger partial charge on any atom is 0.247 e. The highest BCUT2D eigenvalue weighted by Crippen LogP contribution is 2.59. The molecule has 0 amide bonds. The summed E-state index contributed by atoms with van der Waals surface area (Å²) in [5.74, 6) is -0.0392. The molecule has 0 aliphatic carbocycles. The number of para-hydroxylation sites is 5. The lowest BCUT2D eigenvalue weighted by Gasteiger charge is -2.48. The van der Waals surface area contributed by atoms with Crippen LogP contribution in [-0.2, 0) is 0 Å². The predicted octanol–water partition coefficient (Wildman–Crippen LogP) is 11.8. The van der Waals surface area contributed by atoms with E-state index < -0.39 is 0 Å². The summed E-state index contributed by atoms with van der Waals surface area (Å²) in [5.41, 5.74) is 20.7. The van der Waals surface area contributed by atoms with E-state index in [-0.39, 0.29) is 12.6 Å². The van der Waals surface area contributed by atoms with Crippen LogP contribution in [0.2, 0.25) is 0 Å². The minimum Gasteiger partial charge on any atom is -0.311 e. The molecule has 9 aromatic rings. The van der Waals surface area contributed by atoms with E-state index in [9.17, 15) is 0 Å². The number of benzene rings is 8. The highest BCUT2D eigenvalue weighted by molar-refractivity contribution is 6.99. The summed E-state index contributed by atoms with van der Waals surface area (Å²) in [5, 5.41) is 0. The highest BCUT2D eigenvalue weighted by atomic mass is 15.3. The molecule has 1 unspecified atom stereocenters. The predicted molar refractivity (Wildman–Crippen MR) is 246 cm³/mol. The van der Waals surface area contributed by atoms with Gasteiger partial charge in [-0.15, -0.1) is 0 Å². The summed E-state index contributed by atoms with van der Waals surface area (Å²) in [6.07, 6.45) is 3.72. The van der Waals surface area contributed by atoms with Gasteiger partial charge in [0.25, 0.3) is 0 Å². The molecule has 59 heavy (non-hydrogen) atoms. The second-order valence-electron chi connectivity index (χ2n) is 15.5. The number of anilines is 9. The van der Waals surface area contributed by atoms with Crippen molar-refractivity contribution in [3.63, 3.8) is 0 Å². The zero-order valence-corrected chi connectivity index (χ0v) is 32.2. The molecule has 4 heterocycles. The van der Waals surface area contributed by atoms with Gasteiger partial charge in [0.1, 0.15) is 0 Å². The molecule has 0 bridgehead atoms. The SMILES string of the molecule is c1ccc(C2c3ccccc3B3c4ccccc4N(c4ccccc4)c4cc5c(c2c43)N(c2ccccc2)c2ccccc2N5c2ccc(-c3ccncc3)cc2)cc1. The Balaban J connectivity index is 1.24. The zero-order chi connectivity index (χ0) is 38.9. The van der Waals surface area contributed by atoms with E-state index in [1.54, 1.807) is 0 Å². The molecule has 0 saturated carbocycles. The van der Waals surface area contributed by atoms with Crippen LogP contribution in [-0.4, -0.2) is 11.7 Å². The number of rotatable bonds is 5.